The third kappa shape index (κ3) is 4.44. The van der Waals surface area contributed by atoms with Gasteiger partial charge in [-0.1, -0.05) is 30.3 Å². The highest BCUT2D eigenvalue weighted by Gasteiger charge is 2.26. The SMILES string of the molecule is CCOc1ccccc1CCCNC(=O)[C@H]1COc2ccccc2O1. The van der Waals surface area contributed by atoms with Crippen LogP contribution in [0.3, 0.4) is 0 Å². The maximum atomic E-state index is 12.2. The Morgan fingerprint density at radius 2 is 1.92 bits per heavy atom. The minimum atomic E-state index is -0.606. The van der Waals surface area contributed by atoms with Gasteiger partial charge in [-0.15, -0.1) is 0 Å². The number of amides is 1. The Balaban J connectivity index is 1.45. The summed E-state index contributed by atoms with van der Waals surface area (Å²) < 4.78 is 16.9. The molecule has 5 heteroatoms. The fourth-order valence-electron chi connectivity index (χ4n) is 2.76. The lowest BCUT2D eigenvalue weighted by molar-refractivity contribution is -0.130. The fraction of sp³-hybridized carbons (Fsp3) is 0.350. The van der Waals surface area contributed by atoms with Gasteiger partial charge in [-0.25, -0.2) is 0 Å². The molecule has 3 rings (SSSR count). The maximum Gasteiger partial charge on any atom is 0.264 e. The average Bonchev–Trinajstić information content (AvgIpc) is 2.66. The third-order valence-corrected chi connectivity index (χ3v) is 4.00. The summed E-state index contributed by atoms with van der Waals surface area (Å²) in [4.78, 5) is 12.2. The molecule has 0 radical (unpaired) electrons. The molecule has 0 saturated carbocycles. The van der Waals surface area contributed by atoms with Crippen LogP contribution in [-0.2, 0) is 11.2 Å². The van der Waals surface area contributed by atoms with Crippen LogP contribution >= 0.6 is 0 Å². The second-order valence-corrected chi connectivity index (χ2v) is 5.80. The zero-order chi connectivity index (χ0) is 17.5. The van der Waals surface area contributed by atoms with E-state index in [1.807, 2.05) is 43.3 Å². The number of carbonyl (C=O) groups is 1. The first-order valence-corrected chi connectivity index (χ1v) is 8.65. The summed E-state index contributed by atoms with van der Waals surface area (Å²) in [5.74, 6) is 2.06. The van der Waals surface area contributed by atoms with Gasteiger partial charge in [0.2, 0.25) is 6.10 Å². The summed E-state index contributed by atoms with van der Waals surface area (Å²) in [5, 5.41) is 2.92. The minimum absolute atomic E-state index is 0.146. The number of nitrogens with one attached hydrogen (secondary N) is 1. The van der Waals surface area contributed by atoms with Gasteiger partial charge in [0.05, 0.1) is 6.61 Å². The second kappa shape index (κ2) is 8.42. The van der Waals surface area contributed by atoms with Crippen LogP contribution in [0.4, 0.5) is 0 Å². The molecular weight excluding hydrogens is 318 g/mol. The van der Waals surface area contributed by atoms with Crippen LogP contribution in [0.25, 0.3) is 0 Å². The van der Waals surface area contributed by atoms with E-state index in [1.54, 1.807) is 6.07 Å². The van der Waals surface area contributed by atoms with Crippen LogP contribution in [-0.4, -0.2) is 31.8 Å². The molecule has 2 aromatic carbocycles. The van der Waals surface area contributed by atoms with Gasteiger partial charge in [0.1, 0.15) is 12.4 Å². The first-order chi connectivity index (χ1) is 12.3. The summed E-state index contributed by atoms with van der Waals surface area (Å²) in [5.41, 5.74) is 1.16. The molecule has 5 nitrogen and oxygen atoms in total. The molecule has 132 valence electrons. The van der Waals surface area contributed by atoms with Crippen molar-refractivity contribution in [2.24, 2.45) is 0 Å². The largest absolute Gasteiger partial charge is 0.494 e. The zero-order valence-corrected chi connectivity index (χ0v) is 14.4. The summed E-state index contributed by atoms with van der Waals surface area (Å²) in [7, 11) is 0. The molecule has 1 aliphatic heterocycles. The average molecular weight is 341 g/mol. The van der Waals surface area contributed by atoms with E-state index in [1.165, 1.54) is 0 Å². The molecule has 25 heavy (non-hydrogen) atoms. The van der Waals surface area contributed by atoms with E-state index in [9.17, 15) is 4.79 Å². The van der Waals surface area contributed by atoms with Crippen molar-refractivity contribution >= 4 is 5.91 Å². The van der Waals surface area contributed by atoms with Crippen LogP contribution < -0.4 is 19.5 Å². The molecule has 0 aromatic heterocycles. The smallest absolute Gasteiger partial charge is 0.264 e. The Morgan fingerprint density at radius 3 is 2.76 bits per heavy atom. The molecule has 1 aliphatic rings. The monoisotopic (exact) mass is 341 g/mol. The summed E-state index contributed by atoms with van der Waals surface area (Å²) >= 11 is 0. The van der Waals surface area contributed by atoms with E-state index < -0.39 is 6.10 Å². The van der Waals surface area contributed by atoms with Crippen LogP contribution in [0.5, 0.6) is 17.2 Å². The maximum absolute atomic E-state index is 12.2. The van der Waals surface area contributed by atoms with Gasteiger partial charge in [-0.3, -0.25) is 4.79 Å². The van der Waals surface area contributed by atoms with E-state index in [0.717, 1.165) is 24.2 Å². The summed E-state index contributed by atoms with van der Waals surface area (Å²) in [6.07, 6.45) is 1.08. The predicted molar refractivity (Wildman–Crippen MR) is 95.3 cm³/mol. The normalized spacial score (nSPS) is 15.5. The van der Waals surface area contributed by atoms with Crippen LogP contribution in [0, 0.1) is 0 Å². The molecule has 0 bridgehead atoms. The lowest BCUT2D eigenvalue weighted by Crippen LogP contribution is -2.44. The topological polar surface area (TPSA) is 56.8 Å². The van der Waals surface area contributed by atoms with Gasteiger partial charge in [0, 0.05) is 6.54 Å². The lowest BCUT2D eigenvalue weighted by atomic mass is 10.1. The quantitative estimate of drug-likeness (QED) is 0.787. The number of ether oxygens (including phenoxy) is 3. The molecule has 0 fully saturated rings. The Bertz CT molecular complexity index is 716. The van der Waals surface area contributed by atoms with Crippen molar-refractivity contribution in [3.63, 3.8) is 0 Å². The van der Waals surface area contributed by atoms with Crippen LogP contribution in [0.1, 0.15) is 18.9 Å². The number of carbonyl (C=O) groups excluding carboxylic acids is 1. The van der Waals surface area contributed by atoms with Crippen molar-refractivity contribution in [2.45, 2.75) is 25.9 Å². The summed E-state index contributed by atoms with van der Waals surface area (Å²) in [6, 6.07) is 15.4. The lowest BCUT2D eigenvalue weighted by Gasteiger charge is -2.25. The van der Waals surface area contributed by atoms with Gasteiger partial charge in [-0.05, 0) is 43.5 Å². The Hall–Kier alpha value is -2.69. The first kappa shape index (κ1) is 17.1. The highest BCUT2D eigenvalue weighted by Crippen LogP contribution is 2.30. The molecule has 1 atom stereocenters. The Labute approximate surface area is 147 Å². The van der Waals surface area contributed by atoms with Crippen LogP contribution in [0.2, 0.25) is 0 Å². The van der Waals surface area contributed by atoms with Crippen molar-refractivity contribution in [1.82, 2.24) is 5.32 Å². The number of para-hydroxylation sites is 3. The molecule has 2 aromatic rings. The van der Waals surface area contributed by atoms with E-state index in [-0.39, 0.29) is 12.5 Å². The van der Waals surface area contributed by atoms with Gasteiger partial charge >= 0.3 is 0 Å². The molecular formula is C20H23NO4. The van der Waals surface area contributed by atoms with Gasteiger partial charge in [-0.2, -0.15) is 0 Å². The van der Waals surface area contributed by atoms with E-state index in [4.69, 9.17) is 14.2 Å². The fourth-order valence-corrected chi connectivity index (χ4v) is 2.76. The van der Waals surface area contributed by atoms with E-state index in [2.05, 4.69) is 11.4 Å². The molecule has 0 aliphatic carbocycles. The number of hydrogen-bond donors (Lipinski definition) is 1. The standard InChI is InChI=1S/C20H23NO4/c1-2-23-16-10-4-3-8-15(16)9-7-13-21-20(22)19-14-24-17-11-5-6-12-18(17)25-19/h3-6,8,10-12,19H,2,7,9,13-14H2,1H3,(H,21,22)/t19-/m1/s1. The highest BCUT2D eigenvalue weighted by atomic mass is 16.6. The van der Waals surface area contributed by atoms with Gasteiger partial charge in [0.15, 0.2) is 11.5 Å². The van der Waals surface area contributed by atoms with E-state index in [0.29, 0.717) is 24.7 Å². The van der Waals surface area contributed by atoms with Crippen molar-refractivity contribution in [3.05, 3.63) is 54.1 Å². The molecule has 1 amide bonds. The molecule has 0 spiro atoms. The molecule has 1 N–H and O–H groups in total. The predicted octanol–water partition coefficient (Wildman–Crippen LogP) is 2.97. The minimum Gasteiger partial charge on any atom is -0.494 e. The van der Waals surface area contributed by atoms with Crippen LogP contribution in [0.15, 0.2) is 48.5 Å². The molecule has 1 heterocycles. The van der Waals surface area contributed by atoms with Gasteiger partial charge in [0.25, 0.3) is 5.91 Å². The van der Waals surface area contributed by atoms with Crippen molar-refractivity contribution in [3.8, 4) is 17.2 Å². The third-order valence-electron chi connectivity index (χ3n) is 4.00. The number of aryl methyl sites for hydroxylation is 1. The zero-order valence-electron chi connectivity index (χ0n) is 14.4. The Kier molecular flexibility index (Phi) is 5.77. The van der Waals surface area contributed by atoms with Gasteiger partial charge < -0.3 is 19.5 Å². The second-order valence-electron chi connectivity index (χ2n) is 5.80. The van der Waals surface area contributed by atoms with Crippen molar-refractivity contribution in [2.75, 3.05) is 19.8 Å². The van der Waals surface area contributed by atoms with E-state index >= 15 is 0 Å². The number of hydrogen-bond acceptors (Lipinski definition) is 4. The molecule has 0 saturated heterocycles. The highest BCUT2D eigenvalue weighted by molar-refractivity contribution is 5.81. The number of benzene rings is 2. The van der Waals surface area contributed by atoms with Crippen molar-refractivity contribution in [1.29, 1.82) is 0 Å². The summed E-state index contributed by atoms with van der Waals surface area (Å²) in [6.45, 7) is 3.44. The molecule has 0 unspecified atom stereocenters. The number of rotatable bonds is 7. The Morgan fingerprint density at radius 1 is 1.16 bits per heavy atom. The number of fused-ring (bicyclic) bond motifs is 1. The van der Waals surface area contributed by atoms with Crippen molar-refractivity contribution < 1.29 is 19.0 Å². The first-order valence-electron chi connectivity index (χ1n) is 8.65.